The molecule has 1 N–H and O–H groups in total. The largest absolute Gasteiger partial charge is 0.330 e. The van der Waals surface area contributed by atoms with E-state index in [0.717, 1.165) is 32.1 Å². The molecule has 0 bridgehead atoms. The lowest BCUT2D eigenvalue weighted by molar-refractivity contribution is -0.145. The van der Waals surface area contributed by atoms with E-state index in [9.17, 15) is 14.4 Å². The molecule has 1 saturated carbocycles. The standard InChI is InChI=1S/C14H22N2O3S/c1-9(20-2)7-8-16-13(18)11(10-5-3-4-6-10)12(17)15-14(16)19/h9-11H,3-8H2,1-2H3,(H,15,17,19). The van der Waals surface area contributed by atoms with Crippen LogP contribution in [0.1, 0.15) is 39.0 Å². The Morgan fingerprint density at radius 1 is 1.30 bits per heavy atom. The number of urea groups is 1. The zero-order chi connectivity index (χ0) is 14.7. The Balaban J connectivity index is 2.05. The van der Waals surface area contributed by atoms with Crippen LogP contribution < -0.4 is 5.32 Å². The Bertz CT molecular complexity index is 407. The summed E-state index contributed by atoms with van der Waals surface area (Å²) in [5.74, 6) is -1.24. The first-order chi connectivity index (χ1) is 9.54. The summed E-state index contributed by atoms with van der Waals surface area (Å²) in [6.07, 6.45) is 6.72. The first-order valence-corrected chi connectivity index (χ1v) is 8.52. The first kappa shape index (κ1) is 15.4. The summed E-state index contributed by atoms with van der Waals surface area (Å²) in [5.41, 5.74) is 0. The maximum absolute atomic E-state index is 12.5. The number of rotatable bonds is 5. The average Bonchev–Trinajstić information content (AvgIpc) is 2.91. The van der Waals surface area contributed by atoms with E-state index in [2.05, 4.69) is 12.2 Å². The molecule has 20 heavy (non-hydrogen) atoms. The van der Waals surface area contributed by atoms with Crippen LogP contribution in [0.2, 0.25) is 0 Å². The van der Waals surface area contributed by atoms with Gasteiger partial charge in [0.15, 0.2) is 0 Å². The van der Waals surface area contributed by atoms with Gasteiger partial charge in [0.05, 0.1) is 0 Å². The summed E-state index contributed by atoms with van der Waals surface area (Å²) in [4.78, 5) is 37.5. The minimum atomic E-state index is -0.653. The average molecular weight is 298 g/mol. The van der Waals surface area contributed by atoms with E-state index >= 15 is 0 Å². The van der Waals surface area contributed by atoms with Crippen LogP contribution in [-0.4, -0.2) is 40.8 Å². The summed E-state index contributed by atoms with van der Waals surface area (Å²) >= 11 is 1.71. The fourth-order valence-electron chi connectivity index (χ4n) is 2.98. The minimum absolute atomic E-state index is 0.107. The molecular weight excluding hydrogens is 276 g/mol. The molecule has 4 amide bonds. The van der Waals surface area contributed by atoms with Crippen LogP contribution in [-0.2, 0) is 9.59 Å². The quantitative estimate of drug-likeness (QED) is 0.789. The van der Waals surface area contributed by atoms with Gasteiger partial charge in [0, 0.05) is 11.8 Å². The van der Waals surface area contributed by atoms with Gasteiger partial charge in [0.2, 0.25) is 11.8 Å². The van der Waals surface area contributed by atoms with Crippen molar-refractivity contribution in [2.24, 2.45) is 11.8 Å². The molecule has 0 radical (unpaired) electrons. The van der Waals surface area contributed by atoms with Gasteiger partial charge in [-0.15, -0.1) is 0 Å². The summed E-state index contributed by atoms with van der Waals surface area (Å²) in [6, 6.07) is -0.553. The van der Waals surface area contributed by atoms with Gasteiger partial charge in [-0.25, -0.2) is 4.79 Å². The molecule has 2 atom stereocenters. The third kappa shape index (κ3) is 3.16. The molecule has 1 aliphatic heterocycles. The van der Waals surface area contributed by atoms with Crippen LogP contribution in [0.3, 0.4) is 0 Å². The summed E-state index contributed by atoms with van der Waals surface area (Å²) in [7, 11) is 0. The number of hydrogen-bond donors (Lipinski definition) is 1. The molecule has 2 fully saturated rings. The van der Waals surface area contributed by atoms with E-state index in [-0.39, 0.29) is 11.8 Å². The van der Waals surface area contributed by atoms with Crippen molar-refractivity contribution in [1.29, 1.82) is 0 Å². The molecule has 5 nitrogen and oxygen atoms in total. The van der Waals surface area contributed by atoms with Gasteiger partial charge in [0.25, 0.3) is 0 Å². The number of thioether (sulfide) groups is 1. The van der Waals surface area contributed by atoms with Crippen molar-refractivity contribution in [2.45, 2.75) is 44.3 Å². The predicted octanol–water partition coefficient (Wildman–Crippen LogP) is 2.01. The smallest absolute Gasteiger partial charge is 0.277 e. The second-order valence-electron chi connectivity index (χ2n) is 5.64. The highest BCUT2D eigenvalue weighted by atomic mass is 32.2. The molecule has 0 aromatic rings. The lowest BCUT2D eigenvalue weighted by atomic mass is 9.87. The van der Waals surface area contributed by atoms with Gasteiger partial charge in [-0.3, -0.25) is 19.8 Å². The lowest BCUT2D eigenvalue weighted by Gasteiger charge is -2.33. The number of carbonyl (C=O) groups excluding carboxylic acids is 3. The van der Waals surface area contributed by atoms with E-state index in [4.69, 9.17) is 0 Å². The Kier molecular flexibility index (Phi) is 5.07. The zero-order valence-electron chi connectivity index (χ0n) is 12.1. The van der Waals surface area contributed by atoms with Crippen molar-refractivity contribution in [3.63, 3.8) is 0 Å². The monoisotopic (exact) mass is 298 g/mol. The highest BCUT2D eigenvalue weighted by Gasteiger charge is 2.44. The van der Waals surface area contributed by atoms with E-state index in [1.54, 1.807) is 11.8 Å². The number of barbiturate groups is 1. The first-order valence-electron chi connectivity index (χ1n) is 7.23. The normalized spacial score (nSPS) is 26.0. The van der Waals surface area contributed by atoms with Crippen LogP contribution in [0.25, 0.3) is 0 Å². The van der Waals surface area contributed by atoms with E-state index < -0.39 is 17.9 Å². The highest BCUT2D eigenvalue weighted by molar-refractivity contribution is 7.99. The highest BCUT2D eigenvalue weighted by Crippen LogP contribution is 2.34. The molecule has 0 aromatic heterocycles. The maximum Gasteiger partial charge on any atom is 0.330 e. The topological polar surface area (TPSA) is 66.5 Å². The fraction of sp³-hybridized carbons (Fsp3) is 0.786. The molecular formula is C14H22N2O3S. The van der Waals surface area contributed by atoms with Gasteiger partial charge >= 0.3 is 6.03 Å². The van der Waals surface area contributed by atoms with Gasteiger partial charge in [0.1, 0.15) is 5.92 Å². The van der Waals surface area contributed by atoms with Crippen LogP contribution in [0.5, 0.6) is 0 Å². The van der Waals surface area contributed by atoms with E-state index in [1.807, 2.05) is 6.26 Å². The predicted molar refractivity (Wildman–Crippen MR) is 78.3 cm³/mol. The van der Waals surface area contributed by atoms with E-state index in [0.29, 0.717) is 11.8 Å². The van der Waals surface area contributed by atoms with Crippen molar-refractivity contribution in [3.05, 3.63) is 0 Å². The Morgan fingerprint density at radius 2 is 1.95 bits per heavy atom. The van der Waals surface area contributed by atoms with Crippen LogP contribution in [0, 0.1) is 11.8 Å². The fourth-order valence-corrected chi connectivity index (χ4v) is 3.32. The second kappa shape index (κ2) is 6.61. The molecule has 0 aromatic carbocycles. The summed E-state index contributed by atoms with van der Waals surface area (Å²) < 4.78 is 0. The zero-order valence-corrected chi connectivity index (χ0v) is 12.9. The van der Waals surface area contributed by atoms with Crippen molar-refractivity contribution in [3.8, 4) is 0 Å². The Labute approximate surface area is 123 Å². The molecule has 1 heterocycles. The maximum atomic E-state index is 12.5. The van der Waals surface area contributed by atoms with Crippen LogP contribution in [0.4, 0.5) is 4.79 Å². The molecule has 1 aliphatic carbocycles. The second-order valence-corrected chi connectivity index (χ2v) is 6.92. The Morgan fingerprint density at radius 3 is 2.55 bits per heavy atom. The van der Waals surface area contributed by atoms with Gasteiger partial charge in [-0.2, -0.15) is 11.8 Å². The van der Waals surface area contributed by atoms with Crippen molar-refractivity contribution in [1.82, 2.24) is 10.2 Å². The third-order valence-corrected chi connectivity index (χ3v) is 5.36. The SMILES string of the molecule is CSC(C)CCN1C(=O)NC(=O)C(C2CCCC2)C1=O. The number of imide groups is 2. The molecule has 2 rings (SSSR count). The molecule has 2 unspecified atom stereocenters. The number of nitrogens with zero attached hydrogens (tertiary/aromatic N) is 1. The molecule has 0 spiro atoms. The molecule has 6 heteroatoms. The van der Waals surface area contributed by atoms with Gasteiger partial charge in [-0.1, -0.05) is 19.8 Å². The van der Waals surface area contributed by atoms with Crippen LogP contribution in [0.15, 0.2) is 0 Å². The van der Waals surface area contributed by atoms with E-state index in [1.165, 1.54) is 4.90 Å². The molecule has 2 aliphatic rings. The van der Waals surface area contributed by atoms with Crippen molar-refractivity contribution < 1.29 is 14.4 Å². The van der Waals surface area contributed by atoms with Gasteiger partial charge < -0.3 is 0 Å². The third-order valence-electron chi connectivity index (χ3n) is 4.32. The summed E-state index contributed by atoms with van der Waals surface area (Å²) in [6.45, 7) is 2.46. The number of amides is 4. The van der Waals surface area contributed by atoms with Crippen molar-refractivity contribution in [2.75, 3.05) is 12.8 Å². The number of carbonyl (C=O) groups is 3. The lowest BCUT2D eigenvalue weighted by Crippen LogP contribution is -2.59. The van der Waals surface area contributed by atoms with Crippen LogP contribution >= 0.6 is 11.8 Å². The number of nitrogens with one attached hydrogen (secondary N) is 1. The number of hydrogen-bond acceptors (Lipinski definition) is 4. The molecule has 112 valence electrons. The van der Waals surface area contributed by atoms with Crippen molar-refractivity contribution >= 4 is 29.6 Å². The van der Waals surface area contributed by atoms with Gasteiger partial charge in [-0.05, 0) is 31.4 Å². The minimum Gasteiger partial charge on any atom is -0.277 e. The summed E-state index contributed by atoms with van der Waals surface area (Å²) in [5, 5.41) is 2.74. The molecule has 1 saturated heterocycles. The Hall–Kier alpha value is -1.04.